The molecule has 19 heavy (non-hydrogen) atoms. The van der Waals surface area contributed by atoms with E-state index in [9.17, 15) is 9.18 Å². The fraction of sp³-hybridized carbons (Fsp3) is 0.308. The highest BCUT2D eigenvalue weighted by Gasteiger charge is 2.27. The molecule has 2 aromatic heterocycles. The highest BCUT2D eigenvalue weighted by molar-refractivity contribution is 5.50. The predicted molar refractivity (Wildman–Crippen MR) is 66.2 cm³/mol. The van der Waals surface area contributed by atoms with Gasteiger partial charge in [0.2, 0.25) is 6.41 Å². The zero-order valence-electron chi connectivity index (χ0n) is 10.5. The first-order valence-corrected chi connectivity index (χ1v) is 6.10. The van der Waals surface area contributed by atoms with Crippen LogP contribution in [0.5, 0.6) is 0 Å². The van der Waals surface area contributed by atoms with Gasteiger partial charge in [-0.1, -0.05) is 0 Å². The fourth-order valence-electron chi connectivity index (χ4n) is 2.42. The van der Waals surface area contributed by atoms with Crippen LogP contribution in [-0.4, -0.2) is 32.4 Å². The van der Waals surface area contributed by atoms with Crippen molar-refractivity contribution in [2.75, 3.05) is 6.54 Å². The first-order valence-electron chi connectivity index (χ1n) is 6.10. The Bertz CT molecular complexity index is 608. The molecule has 98 valence electrons. The van der Waals surface area contributed by atoms with Crippen molar-refractivity contribution < 1.29 is 9.18 Å². The van der Waals surface area contributed by atoms with Crippen molar-refractivity contribution >= 4 is 6.41 Å². The Morgan fingerprint density at radius 1 is 1.42 bits per heavy atom. The molecule has 0 radical (unpaired) electrons. The molecule has 1 amide bonds. The van der Waals surface area contributed by atoms with Gasteiger partial charge in [0, 0.05) is 13.0 Å². The molecule has 6 heteroatoms. The van der Waals surface area contributed by atoms with Crippen LogP contribution in [0.2, 0.25) is 0 Å². The molecule has 1 unspecified atom stereocenters. The van der Waals surface area contributed by atoms with E-state index in [4.69, 9.17) is 0 Å². The average molecular weight is 260 g/mol. The standard InChI is InChI=1S/C13H13FN4O/c1-9-13-11(4-5-17(9)8-19)18(7-16-13)12-3-2-10(14)6-15-12/h2-3,6-9H,4-5H2,1H3. The number of rotatable bonds is 2. The van der Waals surface area contributed by atoms with Gasteiger partial charge >= 0.3 is 0 Å². The summed E-state index contributed by atoms with van der Waals surface area (Å²) in [6.07, 6.45) is 4.43. The van der Waals surface area contributed by atoms with Crippen molar-refractivity contribution in [3.63, 3.8) is 0 Å². The Morgan fingerprint density at radius 3 is 2.95 bits per heavy atom. The Balaban J connectivity index is 2.02. The molecule has 0 fully saturated rings. The number of halogens is 1. The fourth-order valence-corrected chi connectivity index (χ4v) is 2.42. The molecule has 0 aliphatic carbocycles. The summed E-state index contributed by atoms with van der Waals surface area (Å²) in [7, 11) is 0. The van der Waals surface area contributed by atoms with Gasteiger partial charge in [-0.15, -0.1) is 0 Å². The summed E-state index contributed by atoms with van der Waals surface area (Å²) in [4.78, 5) is 21.1. The molecule has 3 heterocycles. The van der Waals surface area contributed by atoms with E-state index >= 15 is 0 Å². The van der Waals surface area contributed by atoms with Crippen molar-refractivity contribution in [3.05, 3.63) is 41.9 Å². The number of hydrogen-bond acceptors (Lipinski definition) is 3. The van der Waals surface area contributed by atoms with E-state index in [1.165, 1.54) is 12.3 Å². The summed E-state index contributed by atoms with van der Waals surface area (Å²) in [6.45, 7) is 2.60. The molecule has 0 saturated carbocycles. The smallest absolute Gasteiger partial charge is 0.210 e. The third-order valence-corrected chi connectivity index (χ3v) is 3.49. The van der Waals surface area contributed by atoms with Crippen molar-refractivity contribution in [3.8, 4) is 5.82 Å². The van der Waals surface area contributed by atoms with E-state index < -0.39 is 0 Å². The van der Waals surface area contributed by atoms with Gasteiger partial charge in [0.05, 0.1) is 23.6 Å². The van der Waals surface area contributed by atoms with E-state index in [2.05, 4.69) is 9.97 Å². The van der Waals surface area contributed by atoms with Crippen LogP contribution >= 0.6 is 0 Å². The number of carbonyl (C=O) groups excluding carboxylic acids is 1. The maximum absolute atomic E-state index is 12.9. The van der Waals surface area contributed by atoms with Crippen LogP contribution in [-0.2, 0) is 11.2 Å². The molecule has 2 aromatic rings. The average Bonchev–Trinajstić information content (AvgIpc) is 2.85. The number of carbonyl (C=O) groups is 1. The van der Waals surface area contributed by atoms with Gasteiger partial charge in [-0.3, -0.25) is 9.36 Å². The Labute approximate surface area is 109 Å². The number of aromatic nitrogens is 3. The molecule has 0 aromatic carbocycles. The lowest BCUT2D eigenvalue weighted by molar-refractivity contribution is -0.120. The monoisotopic (exact) mass is 260 g/mol. The summed E-state index contributed by atoms with van der Waals surface area (Å²) in [6, 6.07) is 2.95. The second-order valence-corrected chi connectivity index (χ2v) is 4.55. The predicted octanol–water partition coefficient (Wildman–Crippen LogP) is 1.48. The second-order valence-electron chi connectivity index (χ2n) is 4.55. The maximum atomic E-state index is 12.9. The minimum atomic E-state index is -0.363. The third kappa shape index (κ3) is 1.89. The normalized spacial score (nSPS) is 18.2. The minimum Gasteiger partial charge on any atom is -0.336 e. The maximum Gasteiger partial charge on any atom is 0.210 e. The molecule has 1 aliphatic heterocycles. The summed E-state index contributed by atoms with van der Waals surface area (Å²) in [5, 5.41) is 0. The number of imidazole rings is 1. The summed E-state index contributed by atoms with van der Waals surface area (Å²) in [5.74, 6) is 0.278. The quantitative estimate of drug-likeness (QED) is 0.768. The Hall–Kier alpha value is -2.24. The highest BCUT2D eigenvalue weighted by atomic mass is 19.1. The minimum absolute atomic E-state index is 0.0389. The molecule has 0 bridgehead atoms. The molecule has 1 aliphatic rings. The van der Waals surface area contributed by atoms with E-state index in [1.54, 1.807) is 17.3 Å². The highest BCUT2D eigenvalue weighted by Crippen LogP contribution is 2.28. The molecule has 5 nitrogen and oxygen atoms in total. The van der Waals surface area contributed by atoms with Crippen LogP contribution in [0.4, 0.5) is 4.39 Å². The van der Waals surface area contributed by atoms with E-state index in [0.29, 0.717) is 12.4 Å². The lowest BCUT2D eigenvalue weighted by Crippen LogP contribution is -2.33. The van der Waals surface area contributed by atoms with Crippen LogP contribution in [0.3, 0.4) is 0 Å². The molecular weight excluding hydrogens is 247 g/mol. The number of amides is 1. The van der Waals surface area contributed by atoms with Crippen molar-refractivity contribution in [1.29, 1.82) is 0 Å². The topological polar surface area (TPSA) is 51.0 Å². The third-order valence-electron chi connectivity index (χ3n) is 3.49. The lowest BCUT2D eigenvalue weighted by Gasteiger charge is -2.29. The lowest BCUT2D eigenvalue weighted by atomic mass is 10.1. The van der Waals surface area contributed by atoms with Gasteiger partial charge in [-0.2, -0.15) is 0 Å². The van der Waals surface area contributed by atoms with Gasteiger partial charge < -0.3 is 4.90 Å². The zero-order valence-corrected chi connectivity index (χ0v) is 10.5. The Morgan fingerprint density at radius 2 is 2.26 bits per heavy atom. The van der Waals surface area contributed by atoms with E-state index in [1.807, 2.05) is 11.5 Å². The zero-order chi connectivity index (χ0) is 13.4. The van der Waals surface area contributed by atoms with Crippen molar-refractivity contribution in [1.82, 2.24) is 19.4 Å². The molecule has 3 rings (SSSR count). The van der Waals surface area contributed by atoms with Gasteiger partial charge in [0.15, 0.2) is 0 Å². The molecular formula is C13H13FN4O. The van der Waals surface area contributed by atoms with Crippen molar-refractivity contribution in [2.24, 2.45) is 0 Å². The SMILES string of the molecule is CC1c2ncn(-c3ccc(F)cn3)c2CCN1C=O. The van der Waals surface area contributed by atoms with Crippen LogP contribution in [0.1, 0.15) is 24.4 Å². The number of nitrogens with zero attached hydrogens (tertiary/aromatic N) is 4. The second kappa shape index (κ2) is 4.46. The molecule has 0 saturated heterocycles. The number of hydrogen-bond donors (Lipinski definition) is 0. The molecule has 0 spiro atoms. The first-order chi connectivity index (χ1) is 9.20. The van der Waals surface area contributed by atoms with Gasteiger partial charge in [0.1, 0.15) is 18.0 Å². The van der Waals surface area contributed by atoms with Crippen molar-refractivity contribution in [2.45, 2.75) is 19.4 Å². The molecule has 1 atom stereocenters. The van der Waals surface area contributed by atoms with Crippen LogP contribution in [0.15, 0.2) is 24.7 Å². The number of pyridine rings is 1. The first kappa shape index (κ1) is 11.8. The van der Waals surface area contributed by atoms with Crippen LogP contribution < -0.4 is 0 Å². The van der Waals surface area contributed by atoms with Gasteiger partial charge in [0.25, 0.3) is 0 Å². The van der Waals surface area contributed by atoms with Crippen LogP contribution in [0.25, 0.3) is 5.82 Å². The van der Waals surface area contributed by atoms with E-state index in [-0.39, 0.29) is 11.9 Å². The summed E-state index contributed by atoms with van der Waals surface area (Å²) >= 11 is 0. The van der Waals surface area contributed by atoms with Gasteiger partial charge in [-0.05, 0) is 19.1 Å². The van der Waals surface area contributed by atoms with E-state index in [0.717, 1.165) is 24.2 Å². The Kier molecular flexibility index (Phi) is 2.77. The number of fused-ring (bicyclic) bond motifs is 1. The van der Waals surface area contributed by atoms with Gasteiger partial charge in [-0.25, -0.2) is 14.4 Å². The summed E-state index contributed by atoms with van der Waals surface area (Å²) < 4.78 is 14.7. The summed E-state index contributed by atoms with van der Waals surface area (Å²) in [5.41, 5.74) is 1.91. The molecule has 0 N–H and O–H groups in total. The van der Waals surface area contributed by atoms with Crippen LogP contribution in [0, 0.1) is 5.82 Å². The largest absolute Gasteiger partial charge is 0.336 e.